The lowest BCUT2D eigenvalue weighted by molar-refractivity contribution is 0.605. The van der Waals surface area contributed by atoms with Crippen molar-refractivity contribution in [3.8, 4) is 6.07 Å². The summed E-state index contributed by atoms with van der Waals surface area (Å²) in [5, 5.41) is 7.91. The molecule has 1 aromatic rings. The lowest BCUT2D eigenvalue weighted by Gasteiger charge is -2.03. The standard InChI is InChI=1S/C7H6ClN3O2S/c8-5-14(12,13)11-7-2-1-6(3-9)10-4-7/h1-2,4,11H,5H2. The van der Waals surface area contributed by atoms with E-state index in [9.17, 15) is 8.42 Å². The number of rotatable bonds is 3. The van der Waals surface area contributed by atoms with Crippen LogP contribution in [-0.4, -0.2) is 18.6 Å². The molecule has 1 N–H and O–H groups in total. The second-order valence-corrected chi connectivity index (χ2v) is 4.68. The van der Waals surface area contributed by atoms with Crippen LogP contribution >= 0.6 is 11.6 Å². The average molecular weight is 232 g/mol. The Hall–Kier alpha value is -1.32. The van der Waals surface area contributed by atoms with E-state index >= 15 is 0 Å². The Kier molecular flexibility index (Phi) is 3.28. The molecule has 5 nitrogen and oxygen atoms in total. The zero-order valence-corrected chi connectivity index (χ0v) is 8.51. The third kappa shape index (κ3) is 2.87. The fraction of sp³-hybridized carbons (Fsp3) is 0.143. The number of nitriles is 1. The van der Waals surface area contributed by atoms with Crippen LogP contribution in [0, 0.1) is 11.3 Å². The maximum Gasteiger partial charge on any atom is 0.246 e. The maximum absolute atomic E-state index is 11.0. The molecule has 0 unspecified atom stereocenters. The van der Waals surface area contributed by atoms with E-state index in [2.05, 4.69) is 9.71 Å². The molecule has 0 amide bonds. The summed E-state index contributed by atoms with van der Waals surface area (Å²) >= 11 is 5.18. The molecule has 0 saturated heterocycles. The van der Waals surface area contributed by atoms with Crippen LogP contribution in [-0.2, 0) is 10.0 Å². The van der Waals surface area contributed by atoms with E-state index in [-0.39, 0.29) is 11.4 Å². The minimum atomic E-state index is -3.50. The van der Waals surface area contributed by atoms with Crippen molar-refractivity contribution in [2.45, 2.75) is 0 Å². The molecule has 74 valence electrons. The highest BCUT2D eigenvalue weighted by molar-refractivity contribution is 7.93. The predicted octanol–water partition coefficient (Wildman–Crippen LogP) is 0.891. The molecule has 14 heavy (non-hydrogen) atoms. The first-order valence-corrected chi connectivity index (χ1v) is 5.68. The Labute approximate surface area is 86.4 Å². The van der Waals surface area contributed by atoms with Gasteiger partial charge in [0.1, 0.15) is 17.0 Å². The zero-order valence-electron chi connectivity index (χ0n) is 6.94. The third-order valence-electron chi connectivity index (χ3n) is 1.30. The molecular formula is C7H6ClN3O2S. The van der Waals surface area contributed by atoms with Gasteiger partial charge < -0.3 is 0 Å². The summed E-state index contributed by atoms with van der Waals surface area (Å²) in [6.45, 7) is 0. The number of sulfonamides is 1. The molecule has 0 radical (unpaired) electrons. The lowest BCUT2D eigenvalue weighted by atomic mass is 10.3. The Bertz CT molecular complexity index is 449. The Morgan fingerprint density at radius 3 is 2.71 bits per heavy atom. The number of anilines is 1. The number of hydrogen-bond acceptors (Lipinski definition) is 4. The molecule has 7 heteroatoms. The third-order valence-corrected chi connectivity index (χ3v) is 2.99. The monoisotopic (exact) mass is 231 g/mol. The van der Waals surface area contributed by atoms with E-state index in [4.69, 9.17) is 16.9 Å². The first kappa shape index (κ1) is 10.8. The summed E-state index contributed by atoms with van der Waals surface area (Å²) in [6, 6.07) is 4.67. The number of halogens is 1. The van der Waals surface area contributed by atoms with Gasteiger partial charge in [-0.05, 0) is 12.1 Å². The molecule has 0 saturated carbocycles. The maximum atomic E-state index is 11.0. The lowest BCUT2D eigenvalue weighted by Crippen LogP contribution is -2.13. The fourth-order valence-electron chi connectivity index (χ4n) is 0.727. The van der Waals surface area contributed by atoms with Crippen LogP contribution in [0.25, 0.3) is 0 Å². The highest BCUT2D eigenvalue weighted by Crippen LogP contribution is 2.08. The second kappa shape index (κ2) is 4.26. The summed E-state index contributed by atoms with van der Waals surface area (Å²) in [4.78, 5) is 3.68. The van der Waals surface area contributed by atoms with Crippen LogP contribution in [0.5, 0.6) is 0 Å². The quantitative estimate of drug-likeness (QED) is 0.784. The van der Waals surface area contributed by atoms with Crippen molar-refractivity contribution in [3.63, 3.8) is 0 Å². The topological polar surface area (TPSA) is 82.9 Å². The Morgan fingerprint density at radius 1 is 1.57 bits per heavy atom. The molecule has 1 heterocycles. The molecule has 0 fully saturated rings. The van der Waals surface area contributed by atoms with Crippen LogP contribution in [0.3, 0.4) is 0 Å². The largest absolute Gasteiger partial charge is 0.281 e. The van der Waals surface area contributed by atoms with Crippen molar-refractivity contribution < 1.29 is 8.42 Å². The number of nitrogens with one attached hydrogen (secondary N) is 1. The number of nitrogens with zero attached hydrogens (tertiary/aromatic N) is 2. The number of pyridine rings is 1. The molecule has 0 aliphatic rings. The van der Waals surface area contributed by atoms with Gasteiger partial charge in [-0.2, -0.15) is 5.26 Å². The van der Waals surface area contributed by atoms with Gasteiger partial charge in [0.2, 0.25) is 10.0 Å². The summed E-state index contributed by atoms with van der Waals surface area (Å²) in [7, 11) is -3.50. The smallest absolute Gasteiger partial charge is 0.246 e. The van der Waals surface area contributed by atoms with Gasteiger partial charge in [0.15, 0.2) is 0 Å². The highest BCUT2D eigenvalue weighted by atomic mass is 35.5. The van der Waals surface area contributed by atoms with E-state index in [0.717, 1.165) is 0 Å². The van der Waals surface area contributed by atoms with Crippen molar-refractivity contribution in [1.82, 2.24) is 4.98 Å². The van der Waals surface area contributed by atoms with E-state index in [1.54, 1.807) is 0 Å². The van der Waals surface area contributed by atoms with Crippen molar-refractivity contribution in [3.05, 3.63) is 24.0 Å². The predicted molar refractivity (Wildman–Crippen MR) is 52.2 cm³/mol. The normalized spacial score (nSPS) is 10.6. The van der Waals surface area contributed by atoms with Crippen LogP contribution in [0.2, 0.25) is 0 Å². The van der Waals surface area contributed by atoms with Crippen LogP contribution in [0.15, 0.2) is 18.3 Å². The van der Waals surface area contributed by atoms with Crippen molar-refractivity contribution in [2.24, 2.45) is 0 Å². The molecule has 0 spiro atoms. The summed E-state index contributed by atoms with van der Waals surface area (Å²) in [5.41, 5.74) is 0.503. The first-order valence-electron chi connectivity index (χ1n) is 3.50. The van der Waals surface area contributed by atoms with Gasteiger partial charge in [0, 0.05) is 0 Å². The van der Waals surface area contributed by atoms with E-state index in [1.807, 2.05) is 6.07 Å². The first-order chi connectivity index (χ1) is 6.57. The molecule has 0 aliphatic heterocycles. The Balaban J connectivity index is 2.86. The molecule has 0 aromatic carbocycles. The molecule has 0 atom stereocenters. The molecule has 0 aliphatic carbocycles. The number of aromatic nitrogens is 1. The van der Waals surface area contributed by atoms with Crippen molar-refractivity contribution >= 4 is 27.3 Å². The average Bonchev–Trinajstić information content (AvgIpc) is 2.19. The van der Waals surface area contributed by atoms with Crippen molar-refractivity contribution in [1.29, 1.82) is 5.26 Å². The molecular weight excluding hydrogens is 226 g/mol. The number of hydrogen-bond donors (Lipinski definition) is 1. The van der Waals surface area contributed by atoms with Crippen LogP contribution < -0.4 is 4.72 Å². The molecule has 1 aromatic heterocycles. The minimum Gasteiger partial charge on any atom is -0.281 e. The van der Waals surface area contributed by atoms with Gasteiger partial charge in [0.05, 0.1) is 11.9 Å². The number of alkyl halides is 1. The summed E-state index contributed by atoms with van der Waals surface area (Å²) in [6.07, 6.45) is 1.25. The Morgan fingerprint density at radius 2 is 2.29 bits per heavy atom. The zero-order chi connectivity index (χ0) is 10.6. The van der Waals surface area contributed by atoms with Gasteiger partial charge in [-0.3, -0.25) is 4.72 Å². The van der Waals surface area contributed by atoms with Gasteiger partial charge in [-0.1, -0.05) is 0 Å². The fourth-order valence-corrected chi connectivity index (χ4v) is 1.43. The second-order valence-electron chi connectivity index (χ2n) is 2.37. The SMILES string of the molecule is N#Cc1ccc(NS(=O)(=O)CCl)cn1. The van der Waals surface area contributed by atoms with Gasteiger partial charge in [0.25, 0.3) is 0 Å². The minimum absolute atomic E-state index is 0.221. The molecule has 0 bridgehead atoms. The van der Waals surface area contributed by atoms with Crippen LogP contribution in [0.1, 0.15) is 5.69 Å². The van der Waals surface area contributed by atoms with Gasteiger partial charge >= 0.3 is 0 Å². The summed E-state index contributed by atoms with van der Waals surface area (Å²) < 4.78 is 24.2. The summed E-state index contributed by atoms with van der Waals surface area (Å²) in [5.74, 6) is 0. The molecule has 1 rings (SSSR count). The van der Waals surface area contributed by atoms with E-state index < -0.39 is 15.2 Å². The van der Waals surface area contributed by atoms with Crippen molar-refractivity contribution in [2.75, 3.05) is 9.93 Å². The van der Waals surface area contributed by atoms with Gasteiger partial charge in [-0.15, -0.1) is 11.6 Å². The van der Waals surface area contributed by atoms with E-state index in [1.165, 1.54) is 18.3 Å². The van der Waals surface area contributed by atoms with Crippen LogP contribution in [0.4, 0.5) is 5.69 Å². The van der Waals surface area contributed by atoms with E-state index in [0.29, 0.717) is 0 Å². The van der Waals surface area contributed by atoms with Gasteiger partial charge in [-0.25, -0.2) is 13.4 Å². The highest BCUT2D eigenvalue weighted by Gasteiger charge is 2.07.